The molecule has 2 unspecified atom stereocenters. The van der Waals surface area contributed by atoms with E-state index in [9.17, 15) is 0 Å². The van der Waals surface area contributed by atoms with E-state index in [0.717, 1.165) is 12.4 Å². The molecule has 0 aromatic rings. The zero-order valence-electron chi connectivity index (χ0n) is 7.64. The molecule has 4 nitrogen and oxygen atoms in total. The number of nitrogens with one attached hydrogen (secondary N) is 1. The summed E-state index contributed by atoms with van der Waals surface area (Å²) in [5.74, 6) is 0.878. The predicted molar refractivity (Wildman–Crippen MR) is 53.0 cm³/mol. The van der Waals surface area contributed by atoms with Crippen LogP contribution in [0.4, 0.5) is 0 Å². The summed E-state index contributed by atoms with van der Waals surface area (Å²) in [6, 6.07) is 0.191. The van der Waals surface area contributed by atoms with E-state index in [0.29, 0.717) is 0 Å². The summed E-state index contributed by atoms with van der Waals surface area (Å²) in [6.45, 7) is 2.77. The zero-order valence-corrected chi connectivity index (χ0v) is 7.64. The van der Waals surface area contributed by atoms with Gasteiger partial charge in [-0.25, -0.2) is 0 Å². The minimum atomic E-state index is -0.0267. The van der Waals surface area contributed by atoms with E-state index in [1.807, 2.05) is 30.3 Å². The molecule has 2 aliphatic heterocycles. The molecule has 2 atom stereocenters. The maximum absolute atomic E-state index is 6.00. The first kappa shape index (κ1) is 8.31. The third kappa shape index (κ3) is 1.33. The molecule has 2 rings (SSSR count). The summed E-state index contributed by atoms with van der Waals surface area (Å²) in [4.78, 5) is 4.30. The average Bonchev–Trinajstić information content (AvgIpc) is 2.46. The van der Waals surface area contributed by atoms with Gasteiger partial charge in [0.05, 0.1) is 12.1 Å². The molecule has 13 heavy (non-hydrogen) atoms. The minimum absolute atomic E-state index is 0.0267. The van der Waals surface area contributed by atoms with Crippen molar-refractivity contribution in [3.63, 3.8) is 0 Å². The third-order valence-corrected chi connectivity index (χ3v) is 2.24. The van der Waals surface area contributed by atoms with Crippen LogP contribution in [-0.4, -0.2) is 29.5 Å². The fraction of sp³-hybridized carbons (Fsp3) is 0.444. The van der Waals surface area contributed by atoms with Crippen LogP contribution in [0.1, 0.15) is 6.92 Å². The number of rotatable bonds is 1. The Morgan fingerprint density at radius 1 is 1.62 bits per heavy atom. The fourth-order valence-electron chi connectivity index (χ4n) is 1.60. The maximum Gasteiger partial charge on any atom is 0.135 e. The lowest BCUT2D eigenvalue weighted by atomic mass is 10.1. The highest BCUT2D eigenvalue weighted by molar-refractivity contribution is 5.90. The Morgan fingerprint density at radius 2 is 2.46 bits per heavy atom. The second kappa shape index (κ2) is 3.22. The van der Waals surface area contributed by atoms with Gasteiger partial charge in [0.15, 0.2) is 0 Å². The second-order valence-corrected chi connectivity index (χ2v) is 3.12. The van der Waals surface area contributed by atoms with Crippen LogP contribution < -0.4 is 11.2 Å². The van der Waals surface area contributed by atoms with Gasteiger partial charge in [-0.3, -0.25) is 15.4 Å². The molecular weight excluding hydrogens is 164 g/mol. The number of nitrogens with two attached hydrogens (primary N) is 1. The summed E-state index contributed by atoms with van der Waals surface area (Å²) < 4.78 is 0. The van der Waals surface area contributed by atoms with Crippen LogP contribution in [0.15, 0.2) is 29.4 Å². The quantitative estimate of drug-likeness (QED) is 0.594. The second-order valence-electron chi connectivity index (χ2n) is 3.12. The van der Waals surface area contributed by atoms with Gasteiger partial charge in [0.1, 0.15) is 5.84 Å². The highest BCUT2D eigenvalue weighted by atomic mass is 15.6. The number of hydrazine groups is 1. The monoisotopic (exact) mass is 178 g/mol. The molecule has 1 fully saturated rings. The Hall–Kier alpha value is -1.29. The largest absolute Gasteiger partial charge is 0.319 e. The first-order valence-corrected chi connectivity index (χ1v) is 4.53. The molecule has 2 heterocycles. The van der Waals surface area contributed by atoms with Gasteiger partial charge in [-0.05, 0) is 13.0 Å². The van der Waals surface area contributed by atoms with Gasteiger partial charge in [-0.1, -0.05) is 12.2 Å². The molecule has 0 spiro atoms. The Balaban J connectivity index is 2.20. The van der Waals surface area contributed by atoms with Crippen LogP contribution in [0.25, 0.3) is 0 Å². The number of amidine groups is 1. The number of hydrogen-bond acceptors (Lipinski definition) is 3. The number of aliphatic imine (C=N–C) groups is 1. The van der Waals surface area contributed by atoms with E-state index >= 15 is 0 Å². The van der Waals surface area contributed by atoms with E-state index in [1.54, 1.807) is 0 Å². The summed E-state index contributed by atoms with van der Waals surface area (Å²) in [7, 11) is 0. The molecule has 0 saturated carbocycles. The first-order chi connectivity index (χ1) is 6.33. The number of nitrogens with zero attached hydrogens (tertiary/aromatic N) is 2. The summed E-state index contributed by atoms with van der Waals surface area (Å²) >= 11 is 0. The molecular formula is C9H14N4. The Morgan fingerprint density at radius 3 is 3.15 bits per heavy atom. The highest BCUT2D eigenvalue weighted by Gasteiger charge is 2.33. The SMILES string of the molecule is CCN=C1NN2C=CC=CC2C1N. The molecule has 0 aliphatic carbocycles. The Bertz CT molecular complexity index is 279. The van der Waals surface area contributed by atoms with E-state index < -0.39 is 0 Å². The molecule has 2 aliphatic rings. The van der Waals surface area contributed by atoms with Crippen molar-refractivity contribution in [2.24, 2.45) is 10.7 Å². The van der Waals surface area contributed by atoms with Gasteiger partial charge >= 0.3 is 0 Å². The van der Waals surface area contributed by atoms with Gasteiger partial charge in [-0.2, -0.15) is 0 Å². The highest BCUT2D eigenvalue weighted by Crippen LogP contribution is 2.15. The standard InChI is InChI=1S/C9H14N4/c1-2-11-9-8(10)7-5-3-4-6-13(7)12-9/h3-8H,2,10H2,1H3,(H,11,12). The molecule has 0 aromatic heterocycles. The predicted octanol–water partition coefficient (Wildman–Crippen LogP) is 0.00440. The van der Waals surface area contributed by atoms with Crippen LogP contribution >= 0.6 is 0 Å². The zero-order chi connectivity index (χ0) is 9.26. The molecule has 1 saturated heterocycles. The molecule has 0 radical (unpaired) electrons. The minimum Gasteiger partial charge on any atom is -0.319 e. The molecule has 0 bridgehead atoms. The van der Waals surface area contributed by atoms with Crippen LogP contribution in [0.3, 0.4) is 0 Å². The maximum atomic E-state index is 6.00. The first-order valence-electron chi connectivity index (χ1n) is 4.53. The van der Waals surface area contributed by atoms with Crippen molar-refractivity contribution in [1.29, 1.82) is 0 Å². The molecule has 3 N–H and O–H groups in total. The van der Waals surface area contributed by atoms with Gasteiger partial charge in [0.2, 0.25) is 0 Å². The van der Waals surface area contributed by atoms with E-state index in [4.69, 9.17) is 5.73 Å². The molecule has 4 heteroatoms. The number of fused-ring (bicyclic) bond motifs is 1. The van der Waals surface area contributed by atoms with Crippen LogP contribution in [0, 0.1) is 0 Å². The smallest absolute Gasteiger partial charge is 0.135 e. The van der Waals surface area contributed by atoms with Crippen molar-refractivity contribution in [3.8, 4) is 0 Å². The van der Waals surface area contributed by atoms with Crippen LogP contribution in [-0.2, 0) is 0 Å². The lowest BCUT2D eigenvalue weighted by molar-refractivity contribution is 0.313. The van der Waals surface area contributed by atoms with Crippen molar-refractivity contribution in [1.82, 2.24) is 10.4 Å². The normalized spacial score (nSPS) is 33.7. The molecule has 70 valence electrons. The van der Waals surface area contributed by atoms with E-state index in [2.05, 4.69) is 16.5 Å². The van der Waals surface area contributed by atoms with Gasteiger partial charge in [0.25, 0.3) is 0 Å². The van der Waals surface area contributed by atoms with E-state index in [1.165, 1.54) is 0 Å². The molecule has 0 aromatic carbocycles. The van der Waals surface area contributed by atoms with Crippen LogP contribution in [0.2, 0.25) is 0 Å². The number of hydrogen-bond donors (Lipinski definition) is 2. The fourth-order valence-corrected chi connectivity index (χ4v) is 1.60. The van der Waals surface area contributed by atoms with Crippen molar-refractivity contribution in [2.75, 3.05) is 6.54 Å². The summed E-state index contributed by atoms with van der Waals surface area (Å²) in [6.07, 6.45) is 8.04. The van der Waals surface area contributed by atoms with Crippen molar-refractivity contribution in [3.05, 3.63) is 24.4 Å². The lowest BCUT2D eigenvalue weighted by Crippen LogP contribution is -2.38. The topological polar surface area (TPSA) is 53.7 Å². The number of allylic oxidation sites excluding steroid dienone is 2. The van der Waals surface area contributed by atoms with Gasteiger partial charge < -0.3 is 5.73 Å². The van der Waals surface area contributed by atoms with Crippen molar-refractivity contribution in [2.45, 2.75) is 19.0 Å². The summed E-state index contributed by atoms with van der Waals surface area (Å²) in [5, 5.41) is 1.99. The Kier molecular flexibility index (Phi) is 2.06. The van der Waals surface area contributed by atoms with Crippen molar-refractivity contribution >= 4 is 5.84 Å². The summed E-state index contributed by atoms with van der Waals surface area (Å²) in [5.41, 5.74) is 9.16. The third-order valence-electron chi connectivity index (χ3n) is 2.24. The van der Waals surface area contributed by atoms with Gasteiger partial charge in [0, 0.05) is 12.7 Å². The lowest BCUT2D eigenvalue weighted by Gasteiger charge is -2.21. The van der Waals surface area contributed by atoms with E-state index in [-0.39, 0.29) is 12.1 Å². The van der Waals surface area contributed by atoms with Gasteiger partial charge in [-0.15, -0.1) is 0 Å². The molecule has 0 amide bonds. The van der Waals surface area contributed by atoms with Crippen molar-refractivity contribution < 1.29 is 0 Å². The van der Waals surface area contributed by atoms with Crippen LogP contribution in [0.5, 0.6) is 0 Å². The average molecular weight is 178 g/mol. The Labute approximate surface area is 77.8 Å².